The predicted octanol–water partition coefficient (Wildman–Crippen LogP) is 7.15. The molecule has 2 rings (SSSR count). The zero-order valence-corrected chi connectivity index (χ0v) is 20.8. The predicted molar refractivity (Wildman–Crippen MR) is 129 cm³/mol. The Morgan fingerprint density at radius 3 is 2.03 bits per heavy atom. The quantitative estimate of drug-likeness (QED) is 0.398. The average molecular weight is 447 g/mol. The summed E-state index contributed by atoms with van der Waals surface area (Å²) < 4.78 is 27.7. The lowest BCUT2D eigenvalue weighted by Gasteiger charge is -2.32. The average Bonchev–Trinajstić information content (AvgIpc) is 2.75. The van der Waals surface area contributed by atoms with Gasteiger partial charge in [-0.2, -0.15) is 0 Å². The first-order chi connectivity index (χ1) is 15.1. The number of pyridine rings is 1. The van der Waals surface area contributed by atoms with Crippen molar-refractivity contribution in [1.82, 2.24) is 9.88 Å². The van der Waals surface area contributed by atoms with Crippen molar-refractivity contribution in [3.05, 3.63) is 52.6 Å². The van der Waals surface area contributed by atoms with Gasteiger partial charge < -0.3 is 10.0 Å². The Labute approximate surface area is 192 Å². The summed E-state index contributed by atoms with van der Waals surface area (Å²) in [7, 11) is 4.07. The summed E-state index contributed by atoms with van der Waals surface area (Å²) in [6, 6.07) is 6.50. The van der Waals surface area contributed by atoms with Gasteiger partial charge in [-0.3, -0.25) is 4.98 Å². The van der Waals surface area contributed by atoms with Crippen LogP contribution in [-0.2, 0) is 6.61 Å². The first kappa shape index (κ1) is 26.4. The molecule has 2 aromatic rings. The van der Waals surface area contributed by atoms with E-state index in [1.807, 2.05) is 21.0 Å². The van der Waals surface area contributed by atoms with Crippen molar-refractivity contribution in [2.24, 2.45) is 0 Å². The highest BCUT2D eigenvalue weighted by molar-refractivity contribution is 5.74. The number of benzene rings is 1. The third-order valence-corrected chi connectivity index (χ3v) is 6.18. The number of hydrogen-bond acceptors (Lipinski definition) is 3. The standard InChI is InChI=1S/C27H40F2N2O/c1-8-20(28)10-9-11-23(31(6)7)25-24(19-12-14-21(29)15-13-19)22(16-32)26(17(2)3)30-27(25)18(4)5/h12-15,17-18,20,23,32H,8-11,16H2,1-7H3. The van der Waals surface area contributed by atoms with Crippen LogP contribution in [0.15, 0.2) is 24.3 Å². The van der Waals surface area contributed by atoms with E-state index in [1.54, 1.807) is 12.1 Å². The van der Waals surface area contributed by atoms with Crippen molar-refractivity contribution in [2.75, 3.05) is 14.1 Å². The summed E-state index contributed by atoms with van der Waals surface area (Å²) in [6.45, 7) is 10.2. The second-order valence-corrected chi connectivity index (χ2v) is 9.54. The molecule has 0 aliphatic carbocycles. The first-order valence-electron chi connectivity index (χ1n) is 11.9. The van der Waals surface area contributed by atoms with Crippen LogP contribution in [0.2, 0.25) is 0 Å². The Balaban J connectivity index is 2.80. The third kappa shape index (κ3) is 6.14. The van der Waals surface area contributed by atoms with Crippen LogP contribution in [0.5, 0.6) is 0 Å². The second kappa shape index (κ2) is 11.9. The lowest BCUT2D eigenvalue weighted by Crippen LogP contribution is -2.25. The molecule has 0 saturated carbocycles. The van der Waals surface area contributed by atoms with Crippen LogP contribution in [0.1, 0.15) is 101 Å². The lowest BCUT2D eigenvalue weighted by atomic mass is 9.82. The fraction of sp³-hybridized carbons (Fsp3) is 0.593. The van der Waals surface area contributed by atoms with E-state index in [2.05, 4.69) is 32.6 Å². The fourth-order valence-corrected chi connectivity index (χ4v) is 4.44. The van der Waals surface area contributed by atoms with Crippen molar-refractivity contribution < 1.29 is 13.9 Å². The van der Waals surface area contributed by atoms with Crippen LogP contribution in [-0.4, -0.2) is 35.3 Å². The van der Waals surface area contributed by atoms with Crippen molar-refractivity contribution >= 4 is 0 Å². The second-order valence-electron chi connectivity index (χ2n) is 9.54. The number of rotatable bonds is 11. The Morgan fingerprint density at radius 2 is 1.56 bits per heavy atom. The zero-order valence-electron chi connectivity index (χ0n) is 20.8. The monoisotopic (exact) mass is 446 g/mol. The van der Waals surface area contributed by atoms with E-state index in [1.165, 1.54) is 12.1 Å². The largest absolute Gasteiger partial charge is 0.392 e. The van der Waals surface area contributed by atoms with Gasteiger partial charge in [0.05, 0.1) is 12.8 Å². The van der Waals surface area contributed by atoms with Gasteiger partial charge in [0.2, 0.25) is 0 Å². The number of hydrogen-bond donors (Lipinski definition) is 1. The third-order valence-electron chi connectivity index (χ3n) is 6.18. The molecule has 1 heterocycles. The molecule has 0 aliphatic heterocycles. The fourth-order valence-electron chi connectivity index (χ4n) is 4.44. The summed E-state index contributed by atoms with van der Waals surface area (Å²) in [4.78, 5) is 7.23. The van der Waals surface area contributed by atoms with Crippen LogP contribution < -0.4 is 0 Å². The molecule has 32 heavy (non-hydrogen) atoms. The molecule has 5 heteroatoms. The molecule has 3 nitrogen and oxygen atoms in total. The maximum absolute atomic E-state index is 13.9. The topological polar surface area (TPSA) is 36.4 Å². The minimum Gasteiger partial charge on any atom is -0.392 e. The number of aromatic nitrogens is 1. The van der Waals surface area contributed by atoms with Gasteiger partial charge in [0, 0.05) is 23.0 Å². The summed E-state index contributed by atoms with van der Waals surface area (Å²) in [6.07, 6.45) is 1.83. The molecular weight excluding hydrogens is 406 g/mol. The molecule has 1 aromatic carbocycles. The number of nitrogens with zero attached hydrogens (tertiary/aromatic N) is 2. The molecule has 0 fully saturated rings. The molecule has 0 radical (unpaired) electrons. The summed E-state index contributed by atoms with van der Waals surface area (Å²) >= 11 is 0. The summed E-state index contributed by atoms with van der Waals surface area (Å²) in [5, 5.41) is 10.4. The van der Waals surface area contributed by atoms with Gasteiger partial charge in [-0.05, 0) is 80.4 Å². The molecule has 0 bridgehead atoms. The van der Waals surface area contributed by atoms with Gasteiger partial charge in [0.1, 0.15) is 5.82 Å². The first-order valence-corrected chi connectivity index (χ1v) is 11.9. The van der Waals surface area contributed by atoms with Gasteiger partial charge in [0.25, 0.3) is 0 Å². The molecular formula is C27H40F2N2O. The van der Waals surface area contributed by atoms with E-state index in [-0.39, 0.29) is 30.3 Å². The van der Waals surface area contributed by atoms with E-state index in [0.717, 1.165) is 46.5 Å². The summed E-state index contributed by atoms with van der Waals surface area (Å²) in [5.74, 6) is 0.0137. The van der Waals surface area contributed by atoms with Crippen LogP contribution in [0.3, 0.4) is 0 Å². The molecule has 0 spiro atoms. The van der Waals surface area contributed by atoms with Crippen molar-refractivity contribution in [1.29, 1.82) is 0 Å². The van der Waals surface area contributed by atoms with Crippen LogP contribution in [0, 0.1) is 5.82 Å². The highest BCUT2D eigenvalue weighted by atomic mass is 19.1. The Hall–Kier alpha value is -1.85. The van der Waals surface area contributed by atoms with Crippen LogP contribution in [0.4, 0.5) is 8.78 Å². The Bertz CT molecular complexity index is 863. The van der Waals surface area contributed by atoms with Gasteiger partial charge in [-0.1, -0.05) is 46.8 Å². The van der Waals surface area contributed by atoms with E-state index in [4.69, 9.17) is 4.98 Å². The molecule has 2 atom stereocenters. The van der Waals surface area contributed by atoms with E-state index >= 15 is 0 Å². The minimum absolute atomic E-state index is 0.00974. The van der Waals surface area contributed by atoms with E-state index < -0.39 is 6.17 Å². The maximum atomic E-state index is 13.9. The zero-order chi connectivity index (χ0) is 24.0. The van der Waals surface area contributed by atoms with E-state index in [0.29, 0.717) is 12.8 Å². The molecule has 0 amide bonds. The van der Waals surface area contributed by atoms with E-state index in [9.17, 15) is 13.9 Å². The molecule has 0 saturated heterocycles. The minimum atomic E-state index is -0.784. The number of aliphatic hydroxyl groups is 1. The van der Waals surface area contributed by atoms with Crippen molar-refractivity contribution in [2.45, 2.75) is 91.0 Å². The number of alkyl halides is 1. The molecule has 1 N–H and O–H groups in total. The highest BCUT2D eigenvalue weighted by Gasteiger charge is 2.29. The molecule has 0 aliphatic rings. The molecule has 178 valence electrons. The maximum Gasteiger partial charge on any atom is 0.123 e. The lowest BCUT2D eigenvalue weighted by molar-refractivity contribution is 0.249. The van der Waals surface area contributed by atoms with Gasteiger partial charge in [-0.25, -0.2) is 8.78 Å². The molecule has 1 aromatic heterocycles. The summed E-state index contributed by atoms with van der Waals surface area (Å²) in [5.41, 5.74) is 5.57. The van der Waals surface area contributed by atoms with Gasteiger partial charge in [-0.15, -0.1) is 0 Å². The van der Waals surface area contributed by atoms with Crippen LogP contribution >= 0.6 is 0 Å². The Morgan fingerprint density at radius 1 is 0.969 bits per heavy atom. The van der Waals surface area contributed by atoms with Gasteiger partial charge in [0.15, 0.2) is 0 Å². The SMILES string of the molecule is CCC(F)CCCC(c1c(C(C)C)nc(C(C)C)c(CO)c1-c1ccc(F)cc1)N(C)C. The normalized spacial score (nSPS) is 13.9. The van der Waals surface area contributed by atoms with Crippen molar-refractivity contribution in [3.63, 3.8) is 0 Å². The number of halogens is 2. The Kier molecular flexibility index (Phi) is 9.78. The smallest absolute Gasteiger partial charge is 0.123 e. The molecule has 2 unspecified atom stereocenters. The van der Waals surface area contributed by atoms with Crippen LogP contribution in [0.25, 0.3) is 11.1 Å². The highest BCUT2D eigenvalue weighted by Crippen LogP contribution is 2.42. The van der Waals surface area contributed by atoms with Gasteiger partial charge >= 0.3 is 0 Å². The number of aliphatic hydroxyl groups excluding tert-OH is 1. The van der Waals surface area contributed by atoms with Crippen molar-refractivity contribution in [3.8, 4) is 11.1 Å².